The standard InChI is InChI=1S/C18H19NO4/c1-2-6-14-9-10-15(17(20)21)11-16(14)19-18(22)23-12-13-7-4-3-5-8-13/h3-5,7-11H,2,6,12H2,1H3,(H,19,22)(H,20,21). The summed E-state index contributed by atoms with van der Waals surface area (Å²) in [6.07, 6.45) is 1.03. The van der Waals surface area contributed by atoms with Crippen LogP contribution < -0.4 is 5.32 Å². The van der Waals surface area contributed by atoms with E-state index in [-0.39, 0.29) is 12.2 Å². The topological polar surface area (TPSA) is 75.6 Å². The molecule has 0 radical (unpaired) electrons. The van der Waals surface area contributed by atoms with E-state index in [0.29, 0.717) is 5.69 Å². The van der Waals surface area contributed by atoms with E-state index in [1.54, 1.807) is 6.07 Å². The van der Waals surface area contributed by atoms with Crippen molar-refractivity contribution < 1.29 is 19.4 Å². The molecule has 2 aromatic rings. The molecule has 2 rings (SSSR count). The Morgan fingerprint density at radius 1 is 1.13 bits per heavy atom. The fourth-order valence-electron chi connectivity index (χ4n) is 2.18. The van der Waals surface area contributed by atoms with Gasteiger partial charge in [0.05, 0.1) is 5.56 Å². The van der Waals surface area contributed by atoms with Gasteiger partial charge in [-0.1, -0.05) is 49.7 Å². The van der Waals surface area contributed by atoms with Gasteiger partial charge in [0, 0.05) is 5.69 Å². The molecule has 0 aliphatic rings. The van der Waals surface area contributed by atoms with Crippen LogP contribution in [0.5, 0.6) is 0 Å². The van der Waals surface area contributed by atoms with E-state index >= 15 is 0 Å². The maximum atomic E-state index is 11.9. The lowest BCUT2D eigenvalue weighted by molar-refractivity contribution is 0.0696. The molecule has 2 N–H and O–H groups in total. The predicted octanol–water partition coefficient (Wildman–Crippen LogP) is 4.09. The van der Waals surface area contributed by atoms with Gasteiger partial charge in [0.2, 0.25) is 0 Å². The number of amides is 1. The molecule has 5 heteroatoms. The highest BCUT2D eigenvalue weighted by Crippen LogP contribution is 2.20. The van der Waals surface area contributed by atoms with Crippen molar-refractivity contribution in [2.45, 2.75) is 26.4 Å². The summed E-state index contributed by atoms with van der Waals surface area (Å²) in [5.41, 5.74) is 2.37. The second-order valence-corrected chi connectivity index (χ2v) is 5.11. The second kappa shape index (κ2) is 7.98. The summed E-state index contributed by atoms with van der Waals surface area (Å²) in [4.78, 5) is 23.0. The van der Waals surface area contributed by atoms with E-state index in [0.717, 1.165) is 24.0 Å². The van der Waals surface area contributed by atoms with Crippen LogP contribution in [0.4, 0.5) is 10.5 Å². The third kappa shape index (κ3) is 4.85. The Morgan fingerprint density at radius 3 is 2.52 bits per heavy atom. The smallest absolute Gasteiger partial charge is 0.411 e. The van der Waals surface area contributed by atoms with E-state index in [1.165, 1.54) is 12.1 Å². The number of rotatable bonds is 6. The number of nitrogens with one attached hydrogen (secondary N) is 1. The van der Waals surface area contributed by atoms with Crippen LogP contribution in [-0.2, 0) is 17.8 Å². The summed E-state index contributed by atoms with van der Waals surface area (Å²) in [5, 5.41) is 11.7. The molecule has 0 aliphatic heterocycles. The van der Waals surface area contributed by atoms with E-state index in [4.69, 9.17) is 9.84 Å². The largest absolute Gasteiger partial charge is 0.478 e. The van der Waals surface area contributed by atoms with Crippen LogP contribution in [-0.4, -0.2) is 17.2 Å². The zero-order valence-electron chi connectivity index (χ0n) is 12.9. The van der Waals surface area contributed by atoms with Gasteiger partial charge in [-0.25, -0.2) is 9.59 Å². The third-order valence-corrected chi connectivity index (χ3v) is 3.33. The van der Waals surface area contributed by atoms with E-state index in [2.05, 4.69) is 5.32 Å². The third-order valence-electron chi connectivity index (χ3n) is 3.33. The van der Waals surface area contributed by atoms with Crippen LogP contribution in [0.3, 0.4) is 0 Å². The number of aromatic carboxylic acids is 1. The average Bonchev–Trinajstić information content (AvgIpc) is 2.55. The molecule has 0 heterocycles. The van der Waals surface area contributed by atoms with Gasteiger partial charge in [0.15, 0.2) is 0 Å². The van der Waals surface area contributed by atoms with Gasteiger partial charge in [0.1, 0.15) is 6.61 Å². The van der Waals surface area contributed by atoms with Crippen LogP contribution >= 0.6 is 0 Å². The molecule has 0 spiro atoms. The molecule has 0 unspecified atom stereocenters. The first kappa shape index (κ1) is 16.5. The Labute approximate surface area is 134 Å². The van der Waals surface area contributed by atoms with Crippen molar-refractivity contribution in [1.29, 1.82) is 0 Å². The number of ether oxygens (including phenoxy) is 1. The van der Waals surface area contributed by atoms with Gasteiger partial charge in [-0.05, 0) is 29.7 Å². The molecule has 0 aliphatic carbocycles. The average molecular weight is 313 g/mol. The number of aryl methyl sites for hydroxylation is 1. The van der Waals surface area contributed by atoms with Crippen molar-refractivity contribution in [2.24, 2.45) is 0 Å². The lowest BCUT2D eigenvalue weighted by Crippen LogP contribution is -2.15. The Balaban J connectivity index is 2.06. The predicted molar refractivity (Wildman–Crippen MR) is 87.6 cm³/mol. The molecule has 2 aromatic carbocycles. The number of benzene rings is 2. The molecule has 1 amide bonds. The molecular formula is C18H19NO4. The van der Waals surface area contributed by atoms with Gasteiger partial charge in [-0.15, -0.1) is 0 Å². The first-order valence-electron chi connectivity index (χ1n) is 7.44. The Kier molecular flexibility index (Phi) is 5.74. The Bertz CT molecular complexity index is 683. The lowest BCUT2D eigenvalue weighted by atomic mass is 10.0. The first-order valence-corrected chi connectivity index (χ1v) is 7.44. The molecule has 5 nitrogen and oxygen atoms in total. The number of carboxylic acids is 1. The number of hydrogen-bond donors (Lipinski definition) is 2. The summed E-state index contributed by atoms with van der Waals surface area (Å²) < 4.78 is 5.17. The van der Waals surface area contributed by atoms with Crippen LogP contribution in [0.1, 0.15) is 34.8 Å². The molecular weight excluding hydrogens is 294 g/mol. The summed E-state index contributed by atoms with van der Waals surface area (Å²) in [7, 11) is 0. The highest BCUT2D eigenvalue weighted by atomic mass is 16.5. The highest BCUT2D eigenvalue weighted by Gasteiger charge is 2.11. The normalized spacial score (nSPS) is 10.1. The number of carbonyl (C=O) groups is 2. The summed E-state index contributed by atoms with van der Waals surface area (Å²) >= 11 is 0. The number of carboxylic acid groups (broad SMARTS) is 1. The van der Waals surface area contributed by atoms with Crippen LogP contribution in [0.2, 0.25) is 0 Å². The van der Waals surface area contributed by atoms with Crippen LogP contribution in [0.25, 0.3) is 0 Å². The summed E-state index contributed by atoms with van der Waals surface area (Å²) in [6.45, 7) is 2.18. The van der Waals surface area contributed by atoms with E-state index < -0.39 is 12.1 Å². The molecule has 120 valence electrons. The maximum Gasteiger partial charge on any atom is 0.411 e. The molecule has 0 fully saturated rings. The molecule has 23 heavy (non-hydrogen) atoms. The Morgan fingerprint density at radius 2 is 1.87 bits per heavy atom. The van der Waals surface area contributed by atoms with Crippen LogP contribution in [0, 0.1) is 0 Å². The zero-order chi connectivity index (χ0) is 16.7. The van der Waals surface area contributed by atoms with Crippen LogP contribution in [0.15, 0.2) is 48.5 Å². The summed E-state index contributed by atoms with van der Waals surface area (Å²) in [5.74, 6) is -1.03. The summed E-state index contributed by atoms with van der Waals surface area (Å²) in [6, 6.07) is 14.1. The quantitative estimate of drug-likeness (QED) is 0.842. The van der Waals surface area contributed by atoms with E-state index in [1.807, 2.05) is 37.3 Å². The van der Waals surface area contributed by atoms with Gasteiger partial charge in [-0.2, -0.15) is 0 Å². The van der Waals surface area contributed by atoms with Gasteiger partial charge in [0.25, 0.3) is 0 Å². The first-order chi connectivity index (χ1) is 11.1. The van der Waals surface area contributed by atoms with Gasteiger partial charge >= 0.3 is 12.1 Å². The molecule has 0 saturated carbocycles. The van der Waals surface area contributed by atoms with Gasteiger partial charge in [-0.3, -0.25) is 5.32 Å². The minimum absolute atomic E-state index is 0.128. The molecule has 0 saturated heterocycles. The fourth-order valence-corrected chi connectivity index (χ4v) is 2.18. The lowest BCUT2D eigenvalue weighted by Gasteiger charge is -2.12. The van der Waals surface area contributed by atoms with Crippen molar-refractivity contribution in [3.63, 3.8) is 0 Å². The molecule has 0 bridgehead atoms. The van der Waals surface area contributed by atoms with Crippen molar-refractivity contribution in [3.05, 3.63) is 65.2 Å². The second-order valence-electron chi connectivity index (χ2n) is 5.11. The van der Waals surface area contributed by atoms with Crippen molar-refractivity contribution in [2.75, 3.05) is 5.32 Å². The minimum atomic E-state index is -1.03. The van der Waals surface area contributed by atoms with Crippen molar-refractivity contribution in [1.82, 2.24) is 0 Å². The van der Waals surface area contributed by atoms with Crippen molar-refractivity contribution in [3.8, 4) is 0 Å². The monoisotopic (exact) mass is 313 g/mol. The van der Waals surface area contributed by atoms with E-state index in [9.17, 15) is 9.59 Å². The minimum Gasteiger partial charge on any atom is -0.478 e. The van der Waals surface area contributed by atoms with Gasteiger partial charge < -0.3 is 9.84 Å². The fraction of sp³-hybridized carbons (Fsp3) is 0.222. The Hall–Kier alpha value is -2.82. The van der Waals surface area contributed by atoms with Crippen molar-refractivity contribution >= 4 is 17.7 Å². The molecule has 0 aromatic heterocycles. The SMILES string of the molecule is CCCc1ccc(C(=O)O)cc1NC(=O)OCc1ccccc1. The maximum absolute atomic E-state index is 11.9. The molecule has 0 atom stereocenters. The zero-order valence-corrected chi connectivity index (χ0v) is 12.9. The number of carbonyl (C=O) groups excluding carboxylic acids is 1. The number of hydrogen-bond acceptors (Lipinski definition) is 3. The number of anilines is 1. The highest BCUT2D eigenvalue weighted by molar-refractivity contribution is 5.92.